The van der Waals surface area contributed by atoms with E-state index < -0.39 is 0 Å². The van der Waals surface area contributed by atoms with Crippen LogP contribution >= 0.6 is 0 Å². The summed E-state index contributed by atoms with van der Waals surface area (Å²) in [5, 5.41) is 6.90. The summed E-state index contributed by atoms with van der Waals surface area (Å²) in [5.74, 6) is 2.51. The zero-order chi connectivity index (χ0) is 26.2. The molecule has 0 amide bonds. The van der Waals surface area contributed by atoms with Crippen molar-refractivity contribution in [1.29, 1.82) is 0 Å². The molecule has 5 aromatic rings. The molecular formula is C33H21N7. The first kappa shape index (κ1) is 21.6. The maximum absolute atomic E-state index is 5.16. The summed E-state index contributed by atoms with van der Waals surface area (Å²) in [5.41, 5.74) is 6.93. The lowest BCUT2D eigenvalue weighted by molar-refractivity contribution is 0.581. The first-order valence-electron chi connectivity index (χ1n) is 13.4. The van der Waals surface area contributed by atoms with Gasteiger partial charge in [0.2, 0.25) is 0 Å². The number of aliphatic imine (C=N–C) groups is 4. The number of hydrogen-bond donors (Lipinski definition) is 2. The number of nitrogens with zero attached hydrogens (tertiary/aromatic N) is 5. The van der Waals surface area contributed by atoms with E-state index in [4.69, 9.17) is 25.0 Å². The summed E-state index contributed by atoms with van der Waals surface area (Å²) < 4.78 is 0. The van der Waals surface area contributed by atoms with E-state index in [9.17, 15) is 0 Å². The summed E-state index contributed by atoms with van der Waals surface area (Å²) in [4.78, 5) is 28.7. The lowest BCUT2D eigenvalue weighted by Crippen LogP contribution is -2.19. The van der Waals surface area contributed by atoms with E-state index in [0.717, 1.165) is 49.4 Å². The normalized spacial score (nSPS) is 20.8. The van der Waals surface area contributed by atoms with Crippen LogP contribution in [0.5, 0.6) is 0 Å². The highest BCUT2D eigenvalue weighted by Crippen LogP contribution is 2.36. The van der Waals surface area contributed by atoms with Crippen LogP contribution in [-0.2, 0) is 0 Å². The average molecular weight is 516 g/mol. The Bertz CT molecular complexity index is 2160. The number of benzene rings is 4. The third-order valence-electron chi connectivity index (χ3n) is 7.94. The molecule has 1 aromatic heterocycles. The molecule has 0 spiro atoms. The molecule has 4 aromatic carbocycles. The van der Waals surface area contributed by atoms with Crippen LogP contribution in [0, 0.1) is 0 Å². The minimum absolute atomic E-state index is 0.0392. The molecule has 4 aliphatic heterocycles. The van der Waals surface area contributed by atoms with E-state index in [1.807, 2.05) is 48.5 Å². The molecule has 7 heteroatoms. The molecule has 0 aliphatic carbocycles. The summed E-state index contributed by atoms with van der Waals surface area (Å²) in [6.07, 6.45) is 1.99. The fourth-order valence-corrected chi connectivity index (χ4v) is 6.08. The standard InChI is InChI=1S/C33H21N7/c1-3-11-20-18(9-1)26-17-27-19-10-2-4-12-21(19)29(35-27)37-31-23-14-6-8-16-25(23)33(39-31)40-32-24-15-7-5-13-22(24)30(38-32)36-28(20)34-26/h1-17,26,28,34H,(H,35,36,37,38,39,40)/b27-17-. The molecule has 2 atom stereocenters. The first-order chi connectivity index (χ1) is 19.8. The zero-order valence-corrected chi connectivity index (χ0v) is 21.2. The highest BCUT2D eigenvalue weighted by Gasteiger charge is 2.31. The number of fused-ring (bicyclic) bond motifs is 18. The van der Waals surface area contributed by atoms with Crippen molar-refractivity contribution >= 4 is 40.2 Å². The molecule has 5 heterocycles. The summed E-state index contributed by atoms with van der Waals surface area (Å²) in [6.45, 7) is 0. The van der Waals surface area contributed by atoms with Crippen molar-refractivity contribution in [2.45, 2.75) is 12.2 Å². The summed E-state index contributed by atoms with van der Waals surface area (Å²) in [7, 11) is 0. The molecule has 0 saturated heterocycles. The average Bonchev–Trinajstić information content (AvgIpc) is 3.73. The van der Waals surface area contributed by atoms with Gasteiger partial charge in [-0.3, -0.25) is 5.32 Å². The van der Waals surface area contributed by atoms with Crippen molar-refractivity contribution in [3.8, 4) is 0 Å². The van der Waals surface area contributed by atoms with Gasteiger partial charge in [0.15, 0.2) is 23.3 Å². The lowest BCUT2D eigenvalue weighted by Gasteiger charge is -2.09. The zero-order valence-electron chi connectivity index (χ0n) is 21.2. The predicted octanol–water partition coefficient (Wildman–Crippen LogP) is 4.34. The minimum Gasteiger partial charge on any atom is -0.339 e. The highest BCUT2D eigenvalue weighted by molar-refractivity contribution is 6.29. The quantitative estimate of drug-likeness (QED) is 0.316. The van der Waals surface area contributed by atoms with Gasteiger partial charge in [-0.05, 0) is 17.2 Å². The Morgan fingerprint density at radius 2 is 1.02 bits per heavy atom. The Kier molecular flexibility index (Phi) is 4.39. The molecular weight excluding hydrogens is 494 g/mol. The Hall–Kier alpha value is -5.27. The van der Waals surface area contributed by atoms with Crippen LogP contribution in [0.1, 0.15) is 45.6 Å². The van der Waals surface area contributed by atoms with Crippen molar-refractivity contribution in [3.63, 3.8) is 0 Å². The van der Waals surface area contributed by atoms with E-state index in [1.165, 1.54) is 5.56 Å². The van der Waals surface area contributed by atoms with Crippen molar-refractivity contribution in [3.05, 3.63) is 141 Å². The van der Waals surface area contributed by atoms with E-state index >= 15 is 0 Å². The minimum atomic E-state index is -0.244. The molecule has 4 aliphatic rings. The monoisotopic (exact) mass is 515 g/mol. The van der Waals surface area contributed by atoms with Gasteiger partial charge in [-0.15, -0.1) is 0 Å². The SMILES string of the molecule is C1=c2\[nH]c(c3ccccc23)=NC2=NC(=NC3=NC(=NC4NC/1c1ccccc14)c1ccccc13)c1ccccc12. The third-order valence-corrected chi connectivity index (χ3v) is 7.94. The molecule has 40 heavy (non-hydrogen) atoms. The van der Waals surface area contributed by atoms with Gasteiger partial charge < -0.3 is 4.98 Å². The molecule has 188 valence electrons. The molecule has 2 N–H and O–H groups in total. The van der Waals surface area contributed by atoms with Crippen LogP contribution in [0.4, 0.5) is 0 Å². The van der Waals surface area contributed by atoms with Crippen molar-refractivity contribution < 1.29 is 0 Å². The smallest absolute Gasteiger partial charge is 0.164 e. The number of nitrogens with one attached hydrogen (secondary N) is 2. The number of amidine groups is 4. The van der Waals surface area contributed by atoms with Crippen molar-refractivity contribution in [2.24, 2.45) is 25.0 Å². The summed E-state index contributed by atoms with van der Waals surface area (Å²) in [6, 6.07) is 33.0. The van der Waals surface area contributed by atoms with Crippen molar-refractivity contribution in [2.75, 3.05) is 0 Å². The van der Waals surface area contributed by atoms with E-state index in [2.05, 4.69) is 64.9 Å². The number of hydrogen-bond acceptors (Lipinski definition) is 6. The van der Waals surface area contributed by atoms with Crippen LogP contribution in [0.2, 0.25) is 0 Å². The van der Waals surface area contributed by atoms with Crippen LogP contribution < -0.4 is 16.2 Å². The molecule has 2 unspecified atom stereocenters. The molecule has 0 fully saturated rings. The van der Waals surface area contributed by atoms with Gasteiger partial charge >= 0.3 is 0 Å². The third kappa shape index (κ3) is 3.12. The maximum atomic E-state index is 5.16. The number of rotatable bonds is 0. The first-order valence-corrected chi connectivity index (χ1v) is 13.4. The van der Waals surface area contributed by atoms with Gasteiger partial charge in [0.25, 0.3) is 0 Å². The molecule has 9 rings (SSSR count). The van der Waals surface area contributed by atoms with Gasteiger partial charge in [0.1, 0.15) is 11.7 Å². The predicted molar refractivity (Wildman–Crippen MR) is 158 cm³/mol. The second kappa shape index (κ2) is 8.11. The van der Waals surface area contributed by atoms with E-state index in [1.54, 1.807) is 0 Å². The second-order valence-corrected chi connectivity index (χ2v) is 10.2. The van der Waals surface area contributed by atoms with Gasteiger partial charge in [-0.1, -0.05) is 97.1 Å². The van der Waals surface area contributed by atoms with Gasteiger partial charge in [-0.2, -0.15) is 0 Å². The lowest BCUT2D eigenvalue weighted by atomic mass is 10.0. The number of aromatic nitrogens is 1. The van der Waals surface area contributed by atoms with Gasteiger partial charge in [0, 0.05) is 38.4 Å². The Labute approximate surface area is 228 Å². The number of H-pyrrole nitrogens is 1. The summed E-state index contributed by atoms with van der Waals surface area (Å²) >= 11 is 0. The maximum Gasteiger partial charge on any atom is 0.164 e. The topological polar surface area (TPSA) is 89.6 Å². The molecule has 0 radical (unpaired) electrons. The largest absolute Gasteiger partial charge is 0.339 e. The van der Waals surface area contributed by atoms with Crippen LogP contribution in [0.15, 0.2) is 122 Å². The Morgan fingerprint density at radius 1 is 0.500 bits per heavy atom. The highest BCUT2D eigenvalue weighted by atomic mass is 15.2. The fraction of sp³-hybridized carbons (Fsp3) is 0.0606. The van der Waals surface area contributed by atoms with E-state index in [0.29, 0.717) is 23.3 Å². The van der Waals surface area contributed by atoms with E-state index in [-0.39, 0.29) is 12.2 Å². The molecule has 0 saturated carbocycles. The van der Waals surface area contributed by atoms with Crippen LogP contribution in [0.25, 0.3) is 16.8 Å². The van der Waals surface area contributed by atoms with Crippen LogP contribution in [-0.4, -0.2) is 28.3 Å². The Balaban J connectivity index is 1.38. The molecule has 8 bridgehead atoms. The second-order valence-electron chi connectivity index (χ2n) is 10.2. The van der Waals surface area contributed by atoms with Crippen molar-refractivity contribution in [1.82, 2.24) is 10.3 Å². The fourth-order valence-electron chi connectivity index (χ4n) is 6.08. The van der Waals surface area contributed by atoms with Gasteiger partial charge in [-0.25, -0.2) is 25.0 Å². The Morgan fingerprint density at radius 3 is 1.73 bits per heavy atom. The number of aromatic amines is 1. The van der Waals surface area contributed by atoms with Crippen LogP contribution in [0.3, 0.4) is 0 Å². The molecule has 7 nitrogen and oxygen atoms in total. The van der Waals surface area contributed by atoms with Gasteiger partial charge in [0.05, 0.1) is 6.04 Å².